The predicted molar refractivity (Wildman–Crippen MR) is 42.2 cm³/mol. The lowest BCUT2D eigenvalue weighted by molar-refractivity contribution is -0.146. The van der Waals surface area contributed by atoms with Gasteiger partial charge in [0, 0.05) is 18.6 Å². The predicted octanol–water partition coefficient (Wildman–Crippen LogP) is 1.40. The molecule has 1 rings (SSSR count). The summed E-state index contributed by atoms with van der Waals surface area (Å²) in [5.41, 5.74) is 4.07. The summed E-state index contributed by atoms with van der Waals surface area (Å²) in [4.78, 5) is 0. The topological polar surface area (TPSA) is 35.2 Å². The highest BCUT2D eigenvalue weighted by Crippen LogP contribution is 2.43. The molecule has 72 valence electrons. The first-order valence-corrected chi connectivity index (χ1v) is 4.17. The minimum Gasteiger partial charge on any atom is -0.381 e. The number of hydrogen-bond acceptors (Lipinski definition) is 2. The molecule has 0 aromatic heterocycles. The minimum atomic E-state index is -2.75. The van der Waals surface area contributed by atoms with Crippen molar-refractivity contribution in [2.24, 2.45) is 11.1 Å². The van der Waals surface area contributed by atoms with Gasteiger partial charge in [-0.25, -0.2) is 8.78 Å². The van der Waals surface area contributed by atoms with Gasteiger partial charge < -0.3 is 10.5 Å². The summed E-state index contributed by atoms with van der Waals surface area (Å²) in [6.07, 6.45) is 0.800. The molecule has 0 aliphatic carbocycles. The molecule has 0 amide bonds. The molecule has 0 atom stereocenters. The van der Waals surface area contributed by atoms with Crippen LogP contribution in [0.15, 0.2) is 0 Å². The van der Waals surface area contributed by atoms with Crippen molar-refractivity contribution in [2.45, 2.75) is 25.7 Å². The fraction of sp³-hybridized carbons (Fsp3) is 1.00. The van der Waals surface area contributed by atoms with Crippen LogP contribution in [0.1, 0.15) is 19.8 Å². The third-order valence-electron chi connectivity index (χ3n) is 2.74. The van der Waals surface area contributed by atoms with Crippen molar-refractivity contribution in [3.8, 4) is 0 Å². The van der Waals surface area contributed by atoms with Crippen LogP contribution >= 0.6 is 0 Å². The summed E-state index contributed by atoms with van der Waals surface area (Å²) in [5, 5.41) is 0. The summed E-state index contributed by atoms with van der Waals surface area (Å²) < 4.78 is 31.5. The van der Waals surface area contributed by atoms with E-state index in [0.29, 0.717) is 26.1 Å². The van der Waals surface area contributed by atoms with Crippen molar-refractivity contribution in [3.63, 3.8) is 0 Å². The molecule has 0 aromatic carbocycles. The van der Waals surface area contributed by atoms with Crippen molar-refractivity contribution >= 4 is 0 Å². The van der Waals surface area contributed by atoms with Crippen LogP contribution in [0.2, 0.25) is 0 Å². The second kappa shape index (κ2) is 3.26. The van der Waals surface area contributed by atoms with Gasteiger partial charge in [-0.15, -0.1) is 0 Å². The third kappa shape index (κ3) is 1.59. The number of halogens is 2. The highest BCUT2D eigenvalue weighted by molar-refractivity contribution is 4.91. The monoisotopic (exact) mass is 179 g/mol. The Kier molecular flexibility index (Phi) is 2.68. The first-order valence-electron chi connectivity index (χ1n) is 4.17. The Labute approximate surface area is 71.1 Å². The summed E-state index contributed by atoms with van der Waals surface area (Å²) in [6, 6.07) is 0. The fourth-order valence-electron chi connectivity index (χ4n) is 1.43. The average molecular weight is 179 g/mol. The Morgan fingerprint density at radius 2 is 1.92 bits per heavy atom. The van der Waals surface area contributed by atoms with Crippen LogP contribution < -0.4 is 5.73 Å². The van der Waals surface area contributed by atoms with Crippen molar-refractivity contribution in [1.82, 2.24) is 0 Å². The molecule has 1 aliphatic rings. The van der Waals surface area contributed by atoms with E-state index in [0.717, 1.165) is 0 Å². The second-order valence-electron chi connectivity index (χ2n) is 3.58. The molecular weight excluding hydrogens is 164 g/mol. The first-order chi connectivity index (χ1) is 5.52. The second-order valence-corrected chi connectivity index (χ2v) is 3.58. The Balaban J connectivity index is 2.68. The van der Waals surface area contributed by atoms with E-state index < -0.39 is 17.9 Å². The van der Waals surface area contributed by atoms with Crippen LogP contribution in [0.5, 0.6) is 0 Å². The summed E-state index contributed by atoms with van der Waals surface area (Å²) in [7, 11) is 0. The number of hydrogen-bond donors (Lipinski definition) is 1. The van der Waals surface area contributed by atoms with E-state index >= 15 is 0 Å². The molecule has 2 nitrogen and oxygen atoms in total. The Morgan fingerprint density at radius 3 is 2.33 bits per heavy atom. The maximum Gasteiger partial charge on any atom is 0.265 e. The van der Waals surface area contributed by atoms with Gasteiger partial charge in [0.25, 0.3) is 5.92 Å². The highest BCUT2D eigenvalue weighted by Gasteiger charge is 2.49. The van der Waals surface area contributed by atoms with Crippen molar-refractivity contribution < 1.29 is 13.5 Å². The first kappa shape index (κ1) is 9.86. The molecule has 2 N–H and O–H groups in total. The van der Waals surface area contributed by atoms with Crippen LogP contribution in [0.4, 0.5) is 8.78 Å². The van der Waals surface area contributed by atoms with Gasteiger partial charge in [-0.3, -0.25) is 0 Å². The summed E-state index contributed by atoms with van der Waals surface area (Å²) >= 11 is 0. The van der Waals surface area contributed by atoms with Crippen LogP contribution in [0.3, 0.4) is 0 Å². The zero-order valence-corrected chi connectivity index (χ0v) is 7.28. The van der Waals surface area contributed by atoms with E-state index in [-0.39, 0.29) is 0 Å². The molecule has 0 saturated carbocycles. The number of alkyl halides is 2. The highest BCUT2D eigenvalue weighted by atomic mass is 19.3. The van der Waals surface area contributed by atoms with Gasteiger partial charge in [-0.05, 0) is 12.8 Å². The molecule has 0 spiro atoms. The maximum absolute atomic E-state index is 13.2. The fourth-order valence-corrected chi connectivity index (χ4v) is 1.43. The number of rotatable bonds is 2. The zero-order valence-electron chi connectivity index (χ0n) is 7.28. The van der Waals surface area contributed by atoms with Gasteiger partial charge in [-0.1, -0.05) is 6.92 Å². The van der Waals surface area contributed by atoms with Gasteiger partial charge in [0.2, 0.25) is 0 Å². The lowest BCUT2D eigenvalue weighted by Gasteiger charge is -2.39. The van der Waals surface area contributed by atoms with Crippen molar-refractivity contribution in [1.29, 1.82) is 0 Å². The standard InChI is InChI=1S/C8H15F2NO/c1-7(8(9,10)6-11)2-4-12-5-3-7/h2-6,11H2,1H3. The minimum absolute atomic E-state index is 0.400. The van der Waals surface area contributed by atoms with Crippen molar-refractivity contribution in [3.05, 3.63) is 0 Å². The van der Waals surface area contributed by atoms with E-state index in [2.05, 4.69) is 0 Å². The molecule has 1 aliphatic heterocycles. The summed E-state index contributed by atoms with van der Waals surface area (Å²) in [5.74, 6) is -2.75. The lowest BCUT2D eigenvalue weighted by Crippen LogP contribution is -2.47. The molecule has 0 bridgehead atoms. The molecule has 0 unspecified atom stereocenters. The molecular formula is C8H15F2NO. The SMILES string of the molecule is CC1(C(F)(F)CN)CCOCC1. The molecule has 12 heavy (non-hydrogen) atoms. The maximum atomic E-state index is 13.2. The van der Waals surface area contributed by atoms with E-state index in [1.807, 2.05) is 0 Å². The normalized spacial score (nSPS) is 24.0. The number of ether oxygens (including phenoxy) is 1. The summed E-state index contributed by atoms with van der Waals surface area (Å²) in [6.45, 7) is 1.87. The van der Waals surface area contributed by atoms with Gasteiger partial charge in [0.15, 0.2) is 0 Å². The van der Waals surface area contributed by atoms with Crippen LogP contribution in [0.25, 0.3) is 0 Å². The lowest BCUT2D eigenvalue weighted by atomic mass is 9.76. The Hall–Kier alpha value is -0.220. The largest absolute Gasteiger partial charge is 0.381 e. The molecule has 0 aromatic rings. The average Bonchev–Trinajstić information content (AvgIpc) is 2.06. The smallest absolute Gasteiger partial charge is 0.265 e. The molecule has 1 saturated heterocycles. The molecule has 4 heteroatoms. The third-order valence-corrected chi connectivity index (χ3v) is 2.74. The quantitative estimate of drug-likeness (QED) is 0.695. The van der Waals surface area contributed by atoms with Gasteiger partial charge in [0.05, 0.1) is 6.54 Å². The van der Waals surface area contributed by atoms with E-state index in [4.69, 9.17) is 10.5 Å². The zero-order chi connectivity index (χ0) is 9.24. The molecule has 0 radical (unpaired) electrons. The van der Waals surface area contributed by atoms with E-state index in [9.17, 15) is 8.78 Å². The molecule has 1 heterocycles. The van der Waals surface area contributed by atoms with E-state index in [1.165, 1.54) is 0 Å². The molecule has 1 fully saturated rings. The van der Waals surface area contributed by atoms with Crippen molar-refractivity contribution in [2.75, 3.05) is 19.8 Å². The van der Waals surface area contributed by atoms with Gasteiger partial charge >= 0.3 is 0 Å². The van der Waals surface area contributed by atoms with Crippen LogP contribution in [-0.2, 0) is 4.74 Å². The Bertz CT molecular complexity index is 155. The number of nitrogens with two attached hydrogens (primary N) is 1. The van der Waals surface area contributed by atoms with E-state index in [1.54, 1.807) is 6.92 Å². The van der Waals surface area contributed by atoms with Crippen LogP contribution in [0, 0.1) is 5.41 Å². The van der Waals surface area contributed by atoms with Crippen LogP contribution in [-0.4, -0.2) is 25.7 Å². The van der Waals surface area contributed by atoms with Gasteiger partial charge in [-0.2, -0.15) is 0 Å². The van der Waals surface area contributed by atoms with Gasteiger partial charge in [0.1, 0.15) is 0 Å². The Morgan fingerprint density at radius 1 is 1.42 bits per heavy atom.